The molecule has 1 aromatic rings. The van der Waals surface area contributed by atoms with Crippen LogP contribution < -0.4 is 4.52 Å². The highest BCUT2D eigenvalue weighted by atomic mass is 32.5. The van der Waals surface area contributed by atoms with E-state index in [1.165, 1.54) is 24.5 Å². The molecule has 0 aromatic heterocycles. The van der Waals surface area contributed by atoms with Gasteiger partial charge < -0.3 is 13.6 Å². The molecule has 0 amide bonds. The second-order valence-corrected chi connectivity index (χ2v) is 7.23. The van der Waals surface area contributed by atoms with Crippen LogP contribution in [0.1, 0.15) is 13.8 Å². The van der Waals surface area contributed by atoms with E-state index in [1.807, 2.05) is 0 Å². The first kappa shape index (κ1) is 8.02. The van der Waals surface area contributed by atoms with Crippen LogP contribution in [0.3, 0.4) is 0 Å². The Morgan fingerprint density at radius 2 is 2.06 bits per heavy atom. The molecule has 0 radical (unpaired) electrons. The van der Waals surface area contributed by atoms with Crippen LogP contribution in [0.2, 0.25) is 0 Å². The van der Waals surface area contributed by atoms with Crippen molar-refractivity contribution in [2.24, 2.45) is 0 Å². The minimum atomic E-state index is -4.11. The van der Waals surface area contributed by atoms with Gasteiger partial charge in [0.25, 0.3) is 0 Å². The van der Waals surface area contributed by atoms with E-state index in [9.17, 15) is 4.21 Å². The van der Waals surface area contributed by atoms with Gasteiger partial charge in [0.2, 0.25) is 0 Å². The number of aryl methyl sites for hydroxylation is 1. The van der Waals surface area contributed by atoms with E-state index in [0.29, 0.717) is 10.5 Å². The van der Waals surface area contributed by atoms with E-state index in [0.717, 1.165) is 0 Å². The third-order valence-electron chi connectivity index (χ3n) is 1.90. The summed E-state index contributed by atoms with van der Waals surface area (Å²) in [5, 5.41) is 0. The average Bonchev–Trinajstić information content (AvgIpc) is 2.21. The lowest BCUT2D eigenvalue weighted by atomic mass is 10.2. The maximum absolute atomic E-state index is 11.5. The van der Waals surface area contributed by atoms with Gasteiger partial charge in [-0.2, -0.15) is 0 Å². The Labute approximate surface area is 117 Å². The van der Waals surface area contributed by atoms with E-state index in [-0.39, 0.29) is 5.75 Å². The normalized spacial score (nSPS) is 20.1. The second kappa shape index (κ2) is 6.07. The molecule has 96 valence electrons. The Bertz CT molecular complexity index is 625. The quantitative estimate of drug-likeness (QED) is 0.782. The zero-order valence-corrected chi connectivity index (χ0v) is 11.7. The maximum Gasteiger partial charge on any atom is 0.380 e. The monoisotopic (exact) mass is 300 g/mol. The van der Waals surface area contributed by atoms with Gasteiger partial charge in [-0.1, -0.05) is 0 Å². The zero-order chi connectivity index (χ0) is 18.1. The van der Waals surface area contributed by atoms with Crippen molar-refractivity contribution in [2.75, 3.05) is 20.3 Å². The largest absolute Gasteiger partial charge is 0.424 e. The summed E-state index contributed by atoms with van der Waals surface area (Å²) in [4.78, 5) is 0.555. The molecule has 7 heteroatoms. The highest BCUT2D eigenvalue weighted by molar-refractivity contribution is 8.07. The van der Waals surface area contributed by atoms with Gasteiger partial charge in [-0.15, -0.1) is 0 Å². The van der Waals surface area contributed by atoms with Crippen LogP contribution in [0.4, 0.5) is 0 Å². The van der Waals surface area contributed by atoms with E-state index >= 15 is 0 Å². The van der Waals surface area contributed by atoms with Crippen LogP contribution in [0, 0.1) is 6.92 Å². The number of rotatable bonds is 5. The fourth-order valence-corrected chi connectivity index (χ4v) is 2.70. The minimum Gasteiger partial charge on any atom is -0.424 e. The molecular formula is C10H15O4PS2. The van der Waals surface area contributed by atoms with Gasteiger partial charge in [0, 0.05) is 37.0 Å². The number of hydrogen-bond acceptors (Lipinski definition) is 5. The Morgan fingerprint density at radius 1 is 1.41 bits per heavy atom. The van der Waals surface area contributed by atoms with Crippen molar-refractivity contribution in [3.05, 3.63) is 23.8 Å². The molecule has 0 saturated heterocycles. The molecule has 0 N–H and O–H groups in total. The predicted molar refractivity (Wildman–Crippen MR) is 72.4 cm³/mol. The summed E-state index contributed by atoms with van der Waals surface area (Å²) in [5.74, 6) is 0.0635. The van der Waals surface area contributed by atoms with Gasteiger partial charge >= 0.3 is 6.72 Å². The van der Waals surface area contributed by atoms with Crippen LogP contribution in [0.5, 0.6) is 5.75 Å². The lowest BCUT2D eigenvalue weighted by Crippen LogP contribution is -1.98. The van der Waals surface area contributed by atoms with Crippen LogP contribution in [0.15, 0.2) is 23.1 Å². The molecule has 1 unspecified atom stereocenters. The first-order valence-electron chi connectivity index (χ1n) is 7.36. The first-order valence-corrected chi connectivity index (χ1v) is 8.47. The SMILES string of the molecule is [2H]C([2H])([2H])OP(=S)(Oc1ccc(S(C)=O)c(C)c1)OC([2H])([2H])[2H]. The average molecular weight is 300 g/mol. The van der Waals surface area contributed by atoms with Crippen LogP contribution in [0.25, 0.3) is 0 Å². The van der Waals surface area contributed by atoms with Gasteiger partial charge in [-0.25, -0.2) is 0 Å². The van der Waals surface area contributed by atoms with Crippen LogP contribution in [-0.4, -0.2) is 24.5 Å². The number of hydrogen-bond donors (Lipinski definition) is 0. The van der Waals surface area contributed by atoms with Crippen LogP contribution in [-0.2, 0) is 31.7 Å². The summed E-state index contributed by atoms with van der Waals surface area (Å²) in [6.07, 6.45) is 1.50. The summed E-state index contributed by atoms with van der Waals surface area (Å²) in [5.41, 5.74) is 0.604. The summed E-state index contributed by atoms with van der Waals surface area (Å²) >= 11 is 4.87. The Balaban J connectivity index is 3.13. The van der Waals surface area contributed by atoms with E-state index in [1.54, 1.807) is 6.92 Å². The molecule has 1 rings (SSSR count). The third kappa shape index (κ3) is 3.86. The summed E-state index contributed by atoms with van der Waals surface area (Å²) in [6, 6.07) is 4.34. The van der Waals surface area contributed by atoms with E-state index < -0.39 is 31.6 Å². The van der Waals surface area contributed by atoms with Gasteiger partial charge in [0.1, 0.15) is 5.75 Å². The highest BCUT2D eigenvalue weighted by Crippen LogP contribution is 2.48. The van der Waals surface area contributed by atoms with Gasteiger partial charge in [-0.3, -0.25) is 4.21 Å². The molecule has 0 aliphatic heterocycles. The van der Waals surface area contributed by atoms with Crippen molar-refractivity contribution in [2.45, 2.75) is 11.8 Å². The molecule has 4 nitrogen and oxygen atoms in total. The van der Waals surface area contributed by atoms with Crippen molar-refractivity contribution >= 4 is 29.3 Å². The van der Waals surface area contributed by atoms with Crippen molar-refractivity contribution in [3.63, 3.8) is 0 Å². The zero-order valence-electron chi connectivity index (χ0n) is 15.1. The van der Waals surface area contributed by atoms with Gasteiger partial charge in [-0.05, 0) is 30.7 Å². The van der Waals surface area contributed by atoms with Crippen LogP contribution >= 0.6 is 6.72 Å². The summed E-state index contributed by atoms with van der Waals surface area (Å²) in [6.45, 7) is -2.44. The molecule has 1 aromatic carbocycles. The molecule has 0 aliphatic rings. The third-order valence-corrected chi connectivity index (χ3v) is 4.53. The Kier molecular flexibility index (Phi) is 2.86. The summed E-state index contributed by atoms with van der Waals surface area (Å²) in [7, 11) is -7.19. The number of benzene rings is 1. The van der Waals surface area contributed by atoms with Gasteiger partial charge in [0.05, 0.1) is 19.0 Å². The molecule has 17 heavy (non-hydrogen) atoms. The fourth-order valence-electron chi connectivity index (χ4n) is 1.19. The first-order chi connectivity index (χ1) is 10.2. The second-order valence-electron chi connectivity index (χ2n) is 3.10. The smallest absolute Gasteiger partial charge is 0.380 e. The molecule has 0 spiro atoms. The van der Waals surface area contributed by atoms with Crippen molar-refractivity contribution in [3.8, 4) is 5.75 Å². The molecule has 0 saturated carbocycles. The molecule has 1 atom stereocenters. The molecular weight excluding hydrogens is 279 g/mol. The topological polar surface area (TPSA) is 44.8 Å². The lowest BCUT2D eigenvalue weighted by molar-refractivity contribution is 0.273. The van der Waals surface area contributed by atoms with Crippen molar-refractivity contribution < 1.29 is 26.0 Å². The van der Waals surface area contributed by atoms with E-state index in [2.05, 4.69) is 9.05 Å². The Hall–Kier alpha value is -0.260. The fraction of sp³-hybridized carbons (Fsp3) is 0.400. The summed E-state index contributed by atoms with van der Waals surface area (Å²) < 4.78 is 68.4. The molecule has 0 fully saturated rings. The predicted octanol–water partition coefficient (Wildman–Crippen LogP) is 2.63. The lowest BCUT2D eigenvalue weighted by Gasteiger charge is -2.18. The van der Waals surface area contributed by atoms with Crippen molar-refractivity contribution in [1.82, 2.24) is 0 Å². The van der Waals surface area contributed by atoms with Crippen molar-refractivity contribution in [1.29, 1.82) is 0 Å². The molecule has 0 aliphatic carbocycles. The van der Waals surface area contributed by atoms with Gasteiger partial charge in [0.15, 0.2) is 0 Å². The molecule has 0 heterocycles. The standard InChI is InChI=1S/C10H15O4PS2/c1-8-7-9(5-6-10(8)17(4)11)14-15(16,12-2)13-3/h5-7H,1-4H3/i2D3,3D3. The maximum atomic E-state index is 11.5. The molecule has 0 bridgehead atoms. The Morgan fingerprint density at radius 3 is 2.53 bits per heavy atom. The highest BCUT2D eigenvalue weighted by Gasteiger charge is 2.18. The van der Waals surface area contributed by atoms with E-state index in [4.69, 9.17) is 24.6 Å². The minimum absolute atomic E-state index is 0.0635.